The van der Waals surface area contributed by atoms with Crippen LogP contribution in [-0.2, 0) is 4.74 Å². The third kappa shape index (κ3) is 4.63. The van der Waals surface area contributed by atoms with Crippen LogP contribution in [-0.4, -0.2) is 26.2 Å². The number of amidine groups is 1. The van der Waals surface area contributed by atoms with Crippen molar-refractivity contribution in [2.45, 2.75) is 12.8 Å². The van der Waals surface area contributed by atoms with E-state index < -0.39 is 0 Å². The predicted molar refractivity (Wildman–Crippen MR) is 69.1 cm³/mol. The highest BCUT2D eigenvalue weighted by Gasteiger charge is 2.04. The largest absolute Gasteiger partial charge is 0.494 e. The zero-order valence-corrected chi connectivity index (χ0v) is 10.6. The Morgan fingerprint density at radius 1 is 1.35 bits per heavy atom. The molecule has 0 aromatic heterocycles. The maximum Gasteiger partial charge on any atom is 0.124 e. The van der Waals surface area contributed by atoms with E-state index in [0.29, 0.717) is 22.9 Å². The first-order chi connectivity index (χ1) is 8.15. The van der Waals surface area contributed by atoms with Crippen LogP contribution in [0.5, 0.6) is 5.75 Å². The van der Waals surface area contributed by atoms with Crippen LogP contribution in [0.2, 0.25) is 5.02 Å². The van der Waals surface area contributed by atoms with E-state index in [-0.39, 0.29) is 5.84 Å². The minimum absolute atomic E-state index is 0.0401. The molecule has 1 aromatic carbocycles. The van der Waals surface area contributed by atoms with E-state index in [4.69, 9.17) is 32.2 Å². The molecule has 0 aliphatic rings. The molecule has 5 heteroatoms. The SMILES string of the molecule is COCCCCOc1ccc(C(=N)N)c(Cl)c1. The Kier molecular flexibility index (Phi) is 5.80. The summed E-state index contributed by atoms with van der Waals surface area (Å²) in [6.45, 7) is 1.37. The molecule has 3 N–H and O–H groups in total. The molecule has 1 rings (SSSR count). The number of rotatable bonds is 7. The molecule has 1 aromatic rings. The zero-order valence-electron chi connectivity index (χ0n) is 9.83. The van der Waals surface area contributed by atoms with E-state index in [1.807, 2.05) is 0 Å². The topological polar surface area (TPSA) is 68.3 Å². The summed E-state index contributed by atoms with van der Waals surface area (Å²) < 4.78 is 10.5. The van der Waals surface area contributed by atoms with E-state index in [9.17, 15) is 0 Å². The number of methoxy groups -OCH3 is 1. The van der Waals surface area contributed by atoms with Gasteiger partial charge in [0.15, 0.2) is 0 Å². The van der Waals surface area contributed by atoms with Crippen LogP contribution < -0.4 is 10.5 Å². The van der Waals surface area contributed by atoms with Gasteiger partial charge in [0.2, 0.25) is 0 Å². The Morgan fingerprint density at radius 3 is 2.65 bits per heavy atom. The Hall–Kier alpha value is -1.26. The van der Waals surface area contributed by atoms with E-state index in [0.717, 1.165) is 19.4 Å². The number of halogens is 1. The lowest BCUT2D eigenvalue weighted by molar-refractivity contribution is 0.184. The maximum absolute atomic E-state index is 7.30. The number of hydrogen-bond donors (Lipinski definition) is 2. The number of unbranched alkanes of at least 4 members (excludes halogenated alkanes) is 1. The van der Waals surface area contributed by atoms with Gasteiger partial charge in [0.05, 0.1) is 11.6 Å². The van der Waals surface area contributed by atoms with Gasteiger partial charge >= 0.3 is 0 Å². The number of nitrogen functional groups attached to an aromatic ring is 1. The second-order valence-corrected chi connectivity index (χ2v) is 4.01. The molecule has 0 heterocycles. The quantitative estimate of drug-likeness (QED) is 0.447. The lowest BCUT2D eigenvalue weighted by Gasteiger charge is -2.08. The standard InChI is InChI=1S/C12H17ClN2O2/c1-16-6-2-3-7-17-9-4-5-10(12(14)15)11(13)8-9/h4-5,8H,2-3,6-7H2,1H3,(H3,14,15). The summed E-state index contributed by atoms with van der Waals surface area (Å²) >= 11 is 5.97. The van der Waals surface area contributed by atoms with Crippen molar-refractivity contribution in [1.82, 2.24) is 0 Å². The highest BCUT2D eigenvalue weighted by atomic mass is 35.5. The Labute approximate surface area is 106 Å². The van der Waals surface area contributed by atoms with Gasteiger partial charge in [-0.3, -0.25) is 5.41 Å². The molecule has 0 fully saturated rings. The molecule has 0 radical (unpaired) electrons. The van der Waals surface area contributed by atoms with Gasteiger partial charge in [-0.1, -0.05) is 11.6 Å². The summed E-state index contributed by atoms with van der Waals surface area (Å²) in [4.78, 5) is 0. The fraction of sp³-hybridized carbons (Fsp3) is 0.417. The highest BCUT2D eigenvalue weighted by molar-refractivity contribution is 6.34. The monoisotopic (exact) mass is 256 g/mol. The maximum atomic E-state index is 7.30. The fourth-order valence-corrected chi connectivity index (χ4v) is 1.61. The van der Waals surface area contributed by atoms with Crippen molar-refractivity contribution in [3.8, 4) is 5.75 Å². The van der Waals surface area contributed by atoms with Crippen molar-refractivity contribution in [3.63, 3.8) is 0 Å². The molecular formula is C12H17ClN2O2. The van der Waals surface area contributed by atoms with Gasteiger partial charge in [-0.05, 0) is 31.0 Å². The van der Waals surface area contributed by atoms with Crippen LogP contribution in [0.25, 0.3) is 0 Å². The molecule has 17 heavy (non-hydrogen) atoms. The number of nitrogens with two attached hydrogens (primary N) is 1. The first-order valence-electron chi connectivity index (χ1n) is 5.41. The molecule has 0 bridgehead atoms. The molecule has 0 aliphatic heterocycles. The van der Waals surface area contributed by atoms with E-state index in [1.54, 1.807) is 25.3 Å². The molecule has 0 aliphatic carbocycles. The van der Waals surface area contributed by atoms with Gasteiger partial charge in [-0.25, -0.2) is 0 Å². The molecule has 0 saturated carbocycles. The molecule has 0 spiro atoms. The van der Waals surface area contributed by atoms with E-state index in [1.165, 1.54) is 0 Å². The lowest BCUT2D eigenvalue weighted by atomic mass is 10.2. The number of ether oxygens (including phenoxy) is 2. The van der Waals surface area contributed by atoms with Crippen molar-refractivity contribution in [2.24, 2.45) is 5.73 Å². The van der Waals surface area contributed by atoms with Crippen LogP contribution in [0.4, 0.5) is 0 Å². The number of nitrogens with one attached hydrogen (secondary N) is 1. The number of hydrogen-bond acceptors (Lipinski definition) is 3. The summed E-state index contributed by atoms with van der Waals surface area (Å²) in [5.41, 5.74) is 5.89. The predicted octanol–water partition coefficient (Wildman–Crippen LogP) is 2.43. The van der Waals surface area contributed by atoms with Crippen LogP contribution in [0.15, 0.2) is 18.2 Å². The lowest BCUT2D eigenvalue weighted by Crippen LogP contribution is -2.11. The molecule has 0 unspecified atom stereocenters. The summed E-state index contributed by atoms with van der Waals surface area (Å²) in [6.07, 6.45) is 1.90. The Morgan fingerprint density at radius 2 is 2.06 bits per heavy atom. The second-order valence-electron chi connectivity index (χ2n) is 3.60. The molecule has 0 atom stereocenters. The normalized spacial score (nSPS) is 10.2. The van der Waals surface area contributed by atoms with Crippen molar-refractivity contribution in [3.05, 3.63) is 28.8 Å². The van der Waals surface area contributed by atoms with Gasteiger partial charge in [-0.15, -0.1) is 0 Å². The summed E-state index contributed by atoms with van der Waals surface area (Å²) in [7, 11) is 1.68. The Bertz CT molecular complexity index is 383. The fourth-order valence-electron chi connectivity index (χ4n) is 1.34. The van der Waals surface area contributed by atoms with Gasteiger partial charge in [0, 0.05) is 19.3 Å². The third-order valence-corrected chi connectivity index (χ3v) is 2.55. The van der Waals surface area contributed by atoms with Crippen LogP contribution in [0, 0.1) is 5.41 Å². The highest BCUT2D eigenvalue weighted by Crippen LogP contribution is 2.22. The minimum Gasteiger partial charge on any atom is -0.494 e. The van der Waals surface area contributed by atoms with Crippen molar-refractivity contribution >= 4 is 17.4 Å². The van der Waals surface area contributed by atoms with Crippen LogP contribution in [0.1, 0.15) is 18.4 Å². The molecular weight excluding hydrogens is 240 g/mol. The van der Waals surface area contributed by atoms with E-state index in [2.05, 4.69) is 0 Å². The first kappa shape index (κ1) is 13.8. The molecule has 0 saturated heterocycles. The van der Waals surface area contributed by atoms with Crippen LogP contribution in [0.3, 0.4) is 0 Å². The van der Waals surface area contributed by atoms with Crippen molar-refractivity contribution in [2.75, 3.05) is 20.3 Å². The summed E-state index contributed by atoms with van der Waals surface area (Å²) in [6, 6.07) is 5.13. The first-order valence-corrected chi connectivity index (χ1v) is 5.78. The van der Waals surface area contributed by atoms with E-state index >= 15 is 0 Å². The molecule has 4 nitrogen and oxygen atoms in total. The van der Waals surface area contributed by atoms with Crippen molar-refractivity contribution < 1.29 is 9.47 Å². The molecule has 94 valence electrons. The van der Waals surface area contributed by atoms with Gasteiger partial charge in [0.25, 0.3) is 0 Å². The second kappa shape index (κ2) is 7.14. The van der Waals surface area contributed by atoms with Gasteiger partial charge in [-0.2, -0.15) is 0 Å². The average molecular weight is 257 g/mol. The van der Waals surface area contributed by atoms with Crippen LogP contribution >= 0.6 is 11.6 Å². The van der Waals surface area contributed by atoms with Crippen molar-refractivity contribution in [1.29, 1.82) is 5.41 Å². The number of benzene rings is 1. The third-order valence-electron chi connectivity index (χ3n) is 2.24. The Balaban J connectivity index is 2.45. The summed E-state index contributed by atoms with van der Waals surface area (Å²) in [5, 5.41) is 7.74. The minimum atomic E-state index is -0.0401. The van der Waals surface area contributed by atoms with Gasteiger partial charge < -0.3 is 15.2 Å². The smallest absolute Gasteiger partial charge is 0.124 e. The zero-order chi connectivity index (χ0) is 12.7. The van der Waals surface area contributed by atoms with Gasteiger partial charge in [0.1, 0.15) is 11.6 Å². The average Bonchev–Trinajstić information content (AvgIpc) is 2.28. The summed E-state index contributed by atoms with van der Waals surface area (Å²) in [5.74, 6) is 0.652. The molecule has 0 amide bonds.